The average Bonchev–Trinajstić information content (AvgIpc) is 2.17. The van der Waals surface area contributed by atoms with Crippen LogP contribution in [-0.4, -0.2) is 4.98 Å². The molecular weight excluding hydrogens is 195 g/mol. The molecule has 0 aliphatic heterocycles. The van der Waals surface area contributed by atoms with Gasteiger partial charge in [-0.25, -0.2) is 4.39 Å². The van der Waals surface area contributed by atoms with Gasteiger partial charge in [-0.05, 0) is 24.6 Å². The number of halogens is 1. The Bertz CT molecular complexity index is 637. The fourth-order valence-electron chi connectivity index (χ4n) is 1.59. The molecule has 0 radical (unpaired) electrons. The monoisotopic (exact) mass is 202 g/mol. The summed E-state index contributed by atoms with van der Waals surface area (Å²) in [4.78, 5) is 14.5. The number of nitriles is 1. The van der Waals surface area contributed by atoms with Crippen LogP contribution in [0.15, 0.2) is 23.1 Å². The Kier molecular flexibility index (Phi) is 2.01. The van der Waals surface area contributed by atoms with Gasteiger partial charge in [-0.3, -0.25) is 4.79 Å². The van der Waals surface area contributed by atoms with Gasteiger partial charge in [-0.1, -0.05) is 0 Å². The average molecular weight is 202 g/mol. The zero-order chi connectivity index (χ0) is 11.0. The summed E-state index contributed by atoms with van der Waals surface area (Å²) in [6.07, 6.45) is 1.30. The molecule has 74 valence electrons. The number of nitrogens with zero attached hydrogens (tertiary/aromatic N) is 1. The van der Waals surface area contributed by atoms with E-state index in [4.69, 9.17) is 5.26 Å². The van der Waals surface area contributed by atoms with E-state index < -0.39 is 5.82 Å². The zero-order valence-electron chi connectivity index (χ0n) is 7.97. The van der Waals surface area contributed by atoms with Crippen molar-refractivity contribution in [1.29, 1.82) is 5.26 Å². The van der Waals surface area contributed by atoms with Crippen molar-refractivity contribution in [3.05, 3.63) is 45.5 Å². The van der Waals surface area contributed by atoms with Crippen LogP contribution in [0, 0.1) is 24.1 Å². The second-order valence-electron chi connectivity index (χ2n) is 3.29. The first-order valence-electron chi connectivity index (χ1n) is 4.35. The highest BCUT2D eigenvalue weighted by atomic mass is 19.1. The van der Waals surface area contributed by atoms with Crippen molar-refractivity contribution in [3.8, 4) is 6.07 Å². The fourth-order valence-corrected chi connectivity index (χ4v) is 1.59. The highest BCUT2D eigenvalue weighted by Gasteiger charge is 2.08. The van der Waals surface area contributed by atoms with E-state index >= 15 is 0 Å². The van der Waals surface area contributed by atoms with Crippen molar-refractivity contribution in [1.82, 2.24) is 4.98 Å². The maximum Gasteiger partial charge on any atom is 0.207 e. The number of aromatic amines is 1. The first kappa shape index (κ1) is 9.41. The van der Waals surface area contributed by atoms with Crippen molar-refractivity contribution >= 4 is 10.9 Å². The van der Waals surface area contributed by atoms with Crippen LogP contribution >= 0.6 is 0 Å². The Balaban J connectivity index is 3.02. The molecule has 1 N–H and O–H groups in total. The molecule has 2 aromatic rings. The third-order valence-electron chi connectivity index (χ3n) is 2.26. The number of H-pyrrole nitrogens is 1. The smallest absolute Gasteiger partial charge is 0.207 e. The molecule has 1 heterocycles. The predicted octanol–water partition coefficient (Wildman–Crippen LogP) is 1.85. The zero-order valence-corrected chi connectivity index (χ0v) is 7.97. The third-order valence-corrected chi connectivity index (χ3v) is 2.26. The minimum absolute atomic E-state index is 0.0391. The lowest BCUT2D eigenvalue weighted by Crippen LogP contribution is -2.08. The molecule has 0 bridgehead atoms. The van der Waals surface area contributed by atoms with E-state index in [1.165, 1.54) is 18.3 Å². The lowest BCUT2D eigenvalue weighted by Gasteiger charge is -2.01. The van der Waals surface area contributed by atoms with Crippen molar-refractivity contribution in [2.75, 3.05) is 0 Å². The number of benzene rings is 1. The number of aryl methyl sites for hydroxylation is 1. The van der Waals surface area contributed by atoms with Gasteiger partial charge in [-0.15, -0.1) is 0 Å². The van der Waals surface area contributed by atoms with Gasteiger partial charge in [-0.2, -0.15) is 5.26 Å². The van der Waals surface area contributed by atoms with Crippen molar-refractivity contribution in [2.24, 2.45) is 0 Å². The summed E-state index contributed by atoms with van der Waals surface area (Å²) in [6.45, 7) is 1.64. The van der Waals surface area contributed by atoms with Gasteiger partial charge in [0.1, 0.15) is 17.4 Å². The lowest BCUT2D eigenvalue weighted by atomic mass is 10.1. The quantitative estimate of drug-likeness (QED) is 0.708. The third kappa shape index (κ3) is 1.38. The second kappa shape index (κ2) is 3.21. The number of nitrogens with one attached hydrogen (secondary N) is 1. The molecule has 15 heavy (non-hydrogen) atoms. The number of rotatable bonds is 0. The number of hydrogen-bond acceptors (Lipinski definition) is 2. The number of fused-ring (bicyclic) bond motifs is 1. The minimum Gasteiger partial charge on any atom is -0.360 e. The molecule has 3 nitrogen and oxygen atoms in total. The second-order valence-corrected chi connectivity index (χ2v) is 3.29. The van der Waals surface area contributed by atoms with Gasteiger partial charge in [0.05, 0.1) is 5.52 Å². The van der Waals surface area contributed by atoms with Gasteiger partial charge < -0.3 is 4.98 Å². The fraction of sp³-hybridized carbons (Fsp3) is 0.0909. The van der Waals surface area contributed by atoms with Crippen LogP contribution in [0.2, 0.25) is 0 Å². The Morgan fingerprint density at radius 1 is 1.47 bits per heavy atom. The highest BCUT2D eigenvalue weighted by molar-refractivity contribution is 5.82. The molecule has 0 amide bonds. The first-order chi connectivity index (χ1) is 7.13. The van der Waals surface area contributed by atoms with Crippen LogP contribution in [0.5, 0.6) is 0 Å². The summed E-state index contributed by atoms with van der Waals surface area (Å²) in [5.74, 6) is -0.402. The largest absolute Gasteiger partial charge is 0.360 e. The van der Waals surface area contributed by atoms with Crippen LogP contribution in [-0.2, 0) is 0 Å². The summed E-state index contributed by atoms with van der Waals surface area (Å²) in [5, 5.41) is 9.05. The van der Waals surface area contributed by atoms with E-state index in [2.05, 4.69) is 4.98 Å². The molecule has 1 aromatic heterocycles. The molecule has 2 rings (SSSR count). The maximum atomic E-state index is 13.0. The predicted molar refractivity (Wildman–Crippen MR) is 54.0 cm³/mol. The first-order valence-corrected chi connectivity index (χ1v) is 4.35. The van der Waals surface area contributed by atoms with Gasteiger partial charge in [0.25, 0.3) is 0 Å². The highest BCUT2D eigenvalue weighted by Crippen LogP contribution is 2.15. The molecular formula is C11H7FN2O. The van der Waals surface area contributed by atoms with E-state index in [1.54, 1.807) is 13.0 Å². The molecule has 1 aromatic carbocycles. The van der Waals surface area contributed by atoms with Gasteiger partial charge in [0.2, 0.25) is 5.43 Å². The summed E-state index contributed by atoms with van der Waals surface area (Å²) >= 11 is 0. The van der Waals surface area contributed by atoms with Crippen LogP contribution in [0.25, 0.3) is 10.9 Å². The van der Waals surface area contributed by atoms with Crippen LogP contribution in [0.4, 0.5) is 4.39 Å². The van der Waals surface area contributed by atoms with Gasteiger partial charge in [0.15, 0.2) is 0 Å². The minimum atomic E-state index is -0.402. The summed E-state index contributed by atoms with van der Waals surface area (Å²) in [7, 11) is 0. The van der Waals surface area contributed by atoms with Crippen LogP contribution < -0.4 is 5.43 Å². The molecule has 0 spiro atoms. The number of pyridine rings is 1. The van der Waals surface area contributed by atoms with Crippen LogP contribution in [0.3, 0.4) is 0 Å². The summed E-state index contributed by atoms with van der Waals surface area (Å²) in [5.41, 5.74) is 0.626. The number of aromatic nitrogens is 1. The molecule has 0 atom stereocenters. The van der Waals surface area contributed by atoms with E-state index in [9.17, 15) is 9.18 Å². The van der Waals surface area contributed by atoms with E-state index in [0.29, 0.717) is 16.5 Å². The Morgan fingerprint density at radius 2 is 2.20 bits per heavy atom. The Labute approximate surface area is 84.8 Å². The van der Waals surface area contributed by atoms with E-state index in [1.807, 2.05) is 0 Å². The summed E-state index contributed by atoms with van der Waals surface area (Å²) < 4.78 is 13.0. The Morgan fingerprint density at radius 3 is 2.87 bits per heavy atom. The SMILES string of the molecule is Cc1cc(F)cc2[nH]cc(C#N)c(=O)c12. The van der Waals surface area contributed by atoms with Gasteiger partial charge >= 0.3 is 0 Å². The number of hydrogen-bond donors (Lipinski definition) is 1. The molecule has 0 saturated heterocycles. The molecule has 4 heteroatoms. The molecule has 0 saturated carbocycles. The topological polar surface area (TPSA) is 56.6 Å². The maximum absolute atomic E-state index is 13.0. The normalized spacial score (nSPS) is 10.2. The summed E-state index contributed by atoms with van der Waals surface area (Å²) in [6, 6.07) is 4.31. The molecule has 0 aliphatic rings. The van der Waals surface area contributed by atoms with Gasteiger partial charge in [0, 0.05) is 11.6 Å². The lowest BCUT2D eigenvalue weighted by molar-refractivity contribution is 0.628. The molecule has 0 unspecified atom stereocenters. The Hall–Kier alpha value is -2.15. The van der Waals surface area contributed by atoms with Crippen molar-refractivity contribution in [2.45, 2.75) is 6.92 Å². The van der Waals surface area contributed by atoms with E-state index in [0.717, 1.165) is 0 Å². The standard InChI is InChI=1S/C11H7FN2O/c1-6-2-8(12)3-9-10(6)11(15)7(4-13)5-14-9/h2-3,5H,1H3,(H,14,15). The van der Waals surface area contributed by atoms with E-state index in [-0.39, 0.29) is 11.0 Å². The van der Waals surface area contributed by atoms with Crippen molar-refractivity contribution < 1.29 is 4.39 Å². The molecule has 0 fully saturated rings. The van der Waals surface area contributed by atoms with Crippen LogP contribution in [0.1, 0.15) is 11.1 Å². The van der Waals surface area contributed by atoms with Crippen molar-refractivity contribution in [3.63, 3.8) is 0 Å². The molecule has 0 aliphatic carbocycles.